The zero-order valence-corrected chi connectivity index (χ0v) is 13.9. The summed E-state index contributed by atoms with van der Waals surface area (Å²) in [5.41, 5.74) is 0. The van der Waals surface area contributed by atoms with Gasteiger partial charge in [-0.3, -0.25) is 9.59 Å². The van der Waals surface area contributed by atoms with Crippen LogP contribution in [0.25, 0.3) is 0 Å². The minimum absolute atomic E-state index is 0.00726. The fraction of sp³-hybridized carbons (Fsp3) is 0.812. The maximum atomic E-state index is 12.6. The molecule has 1 amide bonds. The highest BCUT2D eigenvalue weighted by Gasteiger charge is 2.38. The highest BCUT2D eigenvalue weighted by molar-refractivity contribution is 5.86. The standard InChI is InChI=1S/C16H27NO5/c1-5-11(6-2)12(8-10(4)18)15(20)17-13-9-14(19)22-16(13)21-7-3/h11-13,16H,5-9H2,1-4H3,(H,17,20)/t12-,13?,16?/m0/s1. The summed E-state index contributed by atoms with van der Waals surface area (Å²) in [6.45, 7) is 7.72. The van der Waals surface area contributed by atoms with E-state index in [-0.39, 0.29) is 42.3 Å². The van der Waals surface area contributed by atoms with Crippen molar-refractivity contribution < 1.29 is 23.9 Å². The highest BCUT2D eigenvalue weighted by atomic mass is 16.7. The highest BCUT2D eigenvalue weighted by Crippen LogP contribution is 2.25. The molecule has 2 unspecified atom stereocenters. The van der Waals surface area contributed by atoms with Crippen LogP contribution >= 0.6 is 0 Å². The lowest BCUT2D eigenvalue weighted by Crippen LogP contribution is -2.46. The van der Waals surface area contributed by atoms with Crippen LogP contribution in [-0.2, 0) is 23.9 Å². The van der Waals surface area contributed by atoms with E-state index in [1.807, 2.05) is 13.8 Å². The van der Waals surface area contributed by atoms with Crippen molar-refractivity contribution in [2.45, 2.75) is 65.7 Å². The predicted molar refractivity (Wildman–Crippen MR) is 80.9 cm³/mol. The first-order chi connectivity index (χ1) is 10.4. The Kier molecular flexibility index (Phi) is 7.51. The molecule has 1 aliphatic rings. The van der Waals surface area contributed by atoms with Crippen molar-refractivity contribution in [2.75, 3.05) is 6.61 Å². The van der Waals surface area contributed by atoms with Crippen LogP contribution < -0.4 is 5.32 Å². The van der Waals surface area contributed by atoms with E-state index in [1.54, 1.807) is 6.92 Å². The molecule has 0 saturated carbocycles. The second-order valence-corrected chi connectivity index (χ2v) is 5.72. The van der Waals surface area contributed by atoms with Crippen LogP contribution in [0.1, 0.15) is 53.4 Å². The number of rotatable bonds is 9. The van der Waals surface area contributed by atoms with Crippen molar-refractivity contribution in [3.8, 4) is 0 Å². The van der Waals surface area contributed by atoms with Crippen LogP contribution in [0.5, 0.6) is 0 Å². The molecule has 0 radical (unpaired) electrons. The first-order valence-electron chi connectivity index (χ1n) is 8.03. The summed E-state index contributed by atoms with van der Waals surface area (Å²) in [7, 11) is 0. The number of esters is 1. The molecule has 0 spiro atoms. The molecule has 6 heteroatoms. The van der Waals surface area contributed by atoms with Crippen LogP contribution in [0.2, 0.25) is 0 Å². The van der Waals surface area contributed by atoms with E-state index in [9.17, 15) is 14.4 Å². The quantitative estimate of drug-likeness (QED) is 0.657. The Bertz CT molecular complexity index is 405. The first kappa shape index (κ1) is 18.6. The van der Waals surface area contributed by atoms with Crippen LogP contribution in [0.15, 0.2) is 0 Å². The maximum Gasteiger partial charge on any atom is 0.310 e. The zero-order valence-electron chi connectivity index (χ0n) is 13.9. The Labute approximate surface area is 131 Å². The van der Waals surface area contributed by atoms with Crippen molar-refractivity contribution in [2.24, 2.45) is 11.8 Å². The van der Waals surface area contributed by atoms with Gasteiger partial charge in [-0.15, -0.1) is 0 Å². The van der Waals surface area contributed by atoms with Crippen molar-refractivity contribution in [1.29, 1.82) is 0 Å². The molecular formula is C16H27NO5. The van der Waals surface area contributed by atoms with Crippen LogP contribution in [-0.4, -0.2) is 36.6 Å². The molecule has 1 aliphatic heterocycles. The number of hydrogen-bond donors (Lipinski definition) is 1. The average Bonchev–Trinajstić information content (AvgIpc) is 2.78. The lowest BCUT2D eigenvalue weighted by atomic mass is 9.83. The molecule has 3 atom stereocenters. The number of cyclic esters (lactones) is 1. The van der Waals surface area contributed by atoms with Gasteiger partial charge in [-0.25, -0.2) is 0 Å². The van der Waals surface area contributed by atoms with Crippen molar-refractivity contribution >= 4 is 17.7 Å². The van der Waals surface area contributed by atoms with E-state index >= 15 is 0 Å². The number of ketones is 1. The number of nitrogens with one attached hydrogen (secondary N) is 1. The topological polar surface area (TPSA) is 81.7 Å². The molecule has 6 nitrogen and oxygen atoms in total. The lowest BCUT2D eigenvalue weighted by Gasteiger charge is -2.26. The molecule has 1 rings (SSSR count). The van der Waals surface area contributed by atoms with E-state index in [0.29, 0.717) is 6.61 Å². The summed E-state index contributed by atoms with van der Waals surface area (Å²) in [6, 6.07) is -0.483. The molecule has 0 aromatic rings. The lowest BCUT2D eigenvalue weighted by molar-refractivity contribution is -0.164. The second-order valence-electron chi connectivity index (χ2n) is 5.72. The average molecular weight is 313 g/mol. The van der Waals surface area contributed by atoms with Gasteiger partial charge in [0, 0.05) is 18.9 Å². The summed E-state index contributed by atoms with van der Waals surface area (Å²) < 4.78 is 10.4. The molecular weight excluding hydrogens is 286 g/mol. The van der Waals surface area contributed by atoms with E-state index in [1.165, 1.54) is 6.92 Å². The molecule has 0 aromatic carbocycles. The Morgan fingerprint density at radius 1 is 1.32 bits per heavy atom. The summed E-state index contributed by atoms with van der Waals surface area (Å²) in [5, 5.41) is 2.84. The molecule has 22 heavy (non-hydrogen) atoms. The third-order valence-corrected chi connectivity index (χ3v) is 4.08. The summed E-state index contributed by atoms with van der Waals surface area (Å²) in [6.07, 6.45) is 1.25. The SMILES string of the molecule is CCOC1OC(=O)CC1NC(=O)[C@@H](CC(C)=O)C(CC)CC. The fourth-order valence-electron chi connectivity index (χ4n) is 2.90. The molecule has 1 saturated heterocycles. The Morgan fingerprint density at radius 2 is 1.95 bits per heavy atom. The number of ether oxygens (including phenoxy) is 2. The first-order valence-corrected chi connectivity index (χ1v) is 8.03. The molecule has 1 heterocycles. The monoisotopic (exact) mass is 313 g/mol. The van der Waals surface area contributed by atoms with Crippen LogP contribution in [0.3, 0.4) is 0 Å². The largest absolute Gasteiger partial charge is 0.433 e. The predicted octanol–water partition coefficient (Wildman–Crippen LogP) is 1.81. The van der Waals surface area contributed by atoms with Gasteiger partial charge in [0.05, 0.1) is 6.42 Å². The van der Waals surface area contributed by atoms with Gasteiger partial charge in [0.15, 0.2) is 0 Å². The molecule has 126 valence electrons. The van der Waals surface area contributed by atoms with Gasteiger partial charge in [-0.1, -0.05) is 26.7 Å². The minimum atomic E-state index is -0.735. The Balaban J connectivity index is 2.76. The summed E-state index contributed by atoms with van der Waals surface area (Å²) >= 11 is 0. The smallest absolute Gasteiger partial charge is 0.310 e. The van der Waals surface area contributed by atoms with Crippen molar-refractivity contribution in [3.05, 3.63) is 0 Å². The third kappa shape index (κ3) is 5.09. The molecule has 0 aliphatic carbocycles. The van der Waals surface area contributed by atoms with Crippen molar-refractivity contribution in [1.82, 2.24) is 5.32 Å². The minimum Gasteiger partial charge on any atom is -0.433 e. The fourth-order valence-corrected chi connectivity index (χ4v) is 2.90. The number of carbonyl (C=O) groups excluding carboxylic acids is 3. The normalized spacial score (nSPS) is 22.5. The molecule has 0 bridgehead atoms. The number of amides is 1. The van der Waals surface area contributed by atoms with Gasteiger partial charge in [0.2, 0.25) is 12.2 Å². The second kappa shape index (κ2) is 8.88. The number of hydrogen-bond acceptors (Lipinski definition) is 5. The zero-order chi connectivity index (χ0) is 16.7. The Morgan fingerprint density at radius 3 is 2.45 bits per heavy atom. The van der Waals surface area contributed by atoms with E-state index < -0.39 is 12.3 Å². The van der Waals surface area contributed by atoms with E-state index in [0.717, 1.165) is 12.8 Å². The number of Topliss-reactive ketones (excluding diaryl/α,β-unsaturated/α-hetero) is 1. The number of carbonyl (C=O) groups is 3. The van der Waals surface area contributed by atoms with Crippen molar-refractivity contribution in [3.63, 3.8) is 0 Å². The van der Waals surface area contributed by atoms with Crippen LogP contribution in [0, 0.1) is 11.8 Å². The molecule has 1 fully saturated rings. The van der Waals surface area contributed by atoms with E-state index in [2.05, 4.69) is 5.32 Å². The Hall–Kier alpha value is -1.43. The third-order valence-electron chi connectivity index (χ3n) is 4.08. The maximum absolute atomic E-state index is 12.6. The van der Waals surface area contributed by atoms with Crippen LogP contribution in [0.4, 0.5) is 0 Å². The van der Waals surface area contributed by atoms with Gasteiger partial charge in [-0.05, 0) is 19.8 Å². The summed E-state index contributed by atoms with van der Waals surface area (Å²) in [4.78, 5) is 35.4. The van der Waals surface area contributed by atoms with Gasteiger partial charge < -0.3 is 19.6 Å². The van der Waals surface area contributed by atoms with E-state index in [4.69, 9.17) is 9.47 Å². The summed E-state index contributed by atoms with van der Waals surface area (Å²) in [5.74, 6) is -0.809. The van der Waals surface area contributed by atoms with Gasteiger partial charge in [0.25, 0.3) is 0 Å². The van der Waals surface area contributed by atoms with Gasteiger partial charge in [-0.2, -0.15) is 0 Å². The molecule has 1 N–H and O–H groups in total. The van der Waals surface area contributed by atoms with Gasteiger partial charge in [0.1, 0.15) is 11.8 Å². The molecule has 0 aromatic heterocycles. The van der Waals surface area contributed by atoms with Gasteiger partial charge >= 0.3 is 5.97 Å².